The van der Waals surface area contributed by atoms with Gasteiger partial charge < -0.3 is 19.8 Å². The SMILES string of the molecule is Cc1cccc(OCCCCN2CCC(C)CC2)c1.O=C(O)C(=O)O. The summed E-state index contributed by atoms with van der Waals surface area (Å²) < 4.78 is 5.77. The molecule has 140 valence electrons. The van der Waals surface area contributed by atoms with Crippen molar-refractivity contribution in [3.63, 3.8) is 0 Å². The lowest BCUT2D eigenvalue weighted by Crippen LogP contribution is -2.33. The van der Waals surface area contributed by atoms with Gasteiger partial charge in [-0.2, -0.15) is 0 Å². The Bertz CT molecular complexity index is 526. The van der Waals surface area contributed by atoms with E-state index in [0.29, 0.717) is 0 Å². The molecule has 6 nitrogen and oxygen atoms in total. The second kappa shape index (κ2) is 11.5. The maximum atomic E-state index is 9.10. The number of hydrogen-bond acceptors (Lipinski definition) is 4. The average Bonchev–Trinajstić information content (AvgIpc) is 2.57. The number of carbonyl (C=O) groups is 2. The summed E-state index contributed by atoms with van der Waals surface area (Å²) in [5.41, 5.74) is 1.26. The van der Waals surface area contributed by atoms with E-state index in [-0.39, 0.29) is 0 Å². The first-order valence-electron chi connectivity index (χ1n) is 8.76. The first-order chi connectivity index (χ1) is 11.9. The van der Waals surface area contributed by atoms with E-state index in [2.05, 4.69) is 36.9 Å². The van der Waals surface area contributed by atoms with Crippen LogP contribution in [0, 0.1) is 12.8 Å². The maximum absolute atomic E-state index is 9.10. The number of piperidine rings is 1. The third kappa shape index (κ3) is 9.72. The molecule has 2 N–H and O–H groups in total. The molecule has 0 aromatic heterocycles. The zero-order valence-corrected chi connectivity index (χ0v) is 15.1. The lowest BCUT2D eigenvalue weighted by molar-refractivity contribution is -0.159. The molecule has 0 aliphatic carbocycles. The van der Waals surface area contributed by atoms with Crippen molar-refractivity contribution in [2.24, 2.45) is 5.92 Å². The summed E-state index contributed by atoms with van der Waals surface area (Å²) in [6.45, 7) is 9.13. The number of nitrogens with zero attached hydrogens (tertiary/aromatic N) is 1. The predicted octanol–water partition coefficient (Wildman–Crippen LogP) is 3.04. The smallest absolute Gasteiger partial charge is 0.414 e. The van der Waals surface area contributed by atoms with Crippen molar-refractivity contribution in [1.82, 2.24) is 4.90 Å². The summed E-state index contributed by atoms with van der Waals surface area (Å²) in [4.78, 5) is 20.8. The Morgan fingerprint density at radius 2 is 1.80 bits per heavy atom. The zero-order chi connectivity index (χ0) is 18.7. The highest BCUT2D eigenvalue weighted by atomic mass is 16.5. The Balaban J connectivity index is 0.000000450. The molecule has 25 heavy (non-hydrogen) atoms. The highest BCUT2D eigenvalue weighted by Crippen LogP contribution is 2.16. The standard InChI is InChI=1S/C17H27NO.C2H2O4/c1-15-8-11-18(12-9-15)10-3-4-13-19-17-7-5-6-16(2)14-17;3-1(4)2(5)6/h5-7,14-15H,3-4,8-13H2,1-2H3;(H,3,4)(H,5,6). The van der Waals surface area contributed by atoms with Crippen LogP contribution in [0.3, 0.4) is 0 Å². The number of carboxylic acid groups (broad SMARTS) is 2. The van der Waals surface area contributed by atoms with Gasteiger partial charge in [0.25, 0.3) is 0 Å². The molecule has 0 amide bonds. The Kier molecular flexibility index (Phi) is 9.62. The first kappa shape index (κ1) is 21.0. The van der Waals surface area contributed by atoms with Crippen LogP contribution in [-0.2, 0) is 9.59 Å². The number of likely N-dealkylation sites (tertiary alicyclic amines) is 1. The fourth-order valence-corrected chi connectivity index (χ4v) is 2.62. The van der Waals surface area contributed by atoms with E-state index in [1.54, 1.807) is 0 Å². The molecule has 6 heteroatoms. The molecule has 2 rings (SSSR count). The Labute approximate surface area is 149 Å². The van der Waals surface area contributed by atoms with Crippen molar-refractivity contribution in [3.05, 3.63) is 29.8 Å². The van der Waals surface area contributed by atoms with Crippen LogP contribution in [0.25, 0.3) is 0 Å². The summed E-state index contributed by atoms with van der Waals surface area (Å²) in [5, 5.41) is 14.8. The van der Waals surface area contributed by atoms with Gasteiger partial charge in [0, 0.05) is 0 Å². The molecule has 1 saturated heterocycles. The summed E-state index contributed by atoms with van der Waals surface area (Å²) in [5.74, 6) is -1.71. The van der Waals surface area contributed by atoms with Gasteiger partial charge >= 0.3 is 11.9 Å². The number of aliphatic carboxylic acids is 2. The van der Waals surface area contributed by atoms with Gasteiger partial charge in [0.15, 0.2) is 0 Å². The van der Waals surface area contributed by atoms with E-state index >= 15 is 0 Å². The molecule has 1 aliphatic heterocycles. The topological polar surface area (TPSA) is 87.1 Å². The minimum Gasteiger partial charge on any atom is -0.494 e. The molecule has 1 fully saturated rings. The van der Waals surface area contributed by atoms with Crippen molar-refractivity contribution in [1.29, 1.82) is 0 Å². The van der Waals surface area contributed by atoms with Crippen LogP contribution in [0.1, 0.15) is 38.2 Å². The number of carboxylic acids is 2. The summed E-state index contributed by atoms with van der Waals surface area (Å²) in [6.07, 6.45) is 5.15. The Hall–Kier alpha value is -2.08. The summed E-state index contributed by atoms with van der Waals surface area (Å²) >= 11 is 0. The quantitative estimate of drug-likeness (QED) is 0.605. The fraction of sp³-hybridized carbons (Fsp3) is 0.579. The van der Waals surface area contributed by atoms with Gasteiger partial charge in [-0.25, -0.2) is 9.59 Å². The van der Waals surface area contributed by atoms with E-state index in [1.165, 1.54) is 44.5 Å². The van der Waals surface area contributed by atoms with Crippen LogP contribution in [0.15, 0.2) is 24.3 Å². The fourth-order valence-electron chi connectivity index (χ4n) is 2.62. The molecule has 1 aromatic carbocycles. The molecule has 0 bridgehead atoms. The molecule has 0 atom stereocenters. The number of unbranched alkanes of at least 4 members (excludes halogenated alkanes) is 1. The van der Waals surface area contributed by atoms with E-state index in [1.807, 2.05) is 6.07 Å². The normalized spacial score (nSPS) is 15.1. The number of benzene rings is 1. The van der Waals surface area contributed by atoms with Gasteiger partial charge in [0.05, 0.1) is 6.61 Å². The van der Waals surface area contributed by atoms with Crippen LogP contribution in [0.5, 0.6) is 5.75 Å². The Morgan fingerprint density at radius 1 is 1.16 bits per heavy atom. The molecule has 1 aromatic rings. The third-order valence-corrected chi connectivity index (χ3v) is 4.19. The predicted molar refractivity (Wildman–Crippen MR) is 96.0 cm³/mol. The van der Waals surface area contributed by atoms with Crippen LogP contribution >= 0.6 is 0 Å². The van der Waals surface area contributed by atoms with Crippen LogP contribution in [-0.4, -0.2) is 53.3 Å². The molecule has 1 heterocycles. The monoisotopic (exact) mass is 351 g/mol. The van der Waals surface area contributed by atoms with E-state index < -0.39 is 11.9 Å². The van der Waals surface area contributed by atoms with E-state index in [4.69, 9.17) is 24.5 Å². The number of aryl methyl sites for hydroxylation is 1. The molecule has 1 aliphatic rings. The largest absolute Gasteiger partial charge is 0.494 e. The second-order valence-corrected chi connectivity index (χ2v) is 6.51. The minimum absolute atomic E-state index is 0.841. The first-order valence-corrected chi connectivity index (χ1v) is 8.76. The number of hydrogen-bond donors (Lipinski definition) is 2. The number of ether oxygens (including phenoxy) is 1. The molecular weight excluding hydrogens is 322 g/mol. The van der Waals surface area contributed by atoms with Crippen molar-refractivity contribution in [2.75, 3.05) is 26.2 Å². The van der Waals surface area contributed by atoms with Gasteiger partial charge in [-0.05, 0) is 75.9 Å². The van der Waals surface area contributed by atoms with Gasteiger partial charge in [0.1, 0.15) is 5.75 Å². The maximum Gasteiger partial charge on any atom is 0.414 e. The highest BCUT2D eigenvalue weighted by Gasteiger charge is 2.14. The third-order valence-electron chi connectivity index (χ3n) is 4.19. The van der Waals surface area contributed by atoms with Gasteiger partial charge in [0.2, 0.25) is 0 Å². The molecule has 0 unspecified atom stereocenters. The molecule has 0 radical (unpaired) electrons. The van der Waals surface area contributed by atoms with Gasteiger partial charge in [-0.15, -0.1) is 0 Å². The van der Waals surface area contributed by atoms with Crippen molar-refractivity contribution in [3.8, 4) is 5.75 Å². The molecular formula is C19H29NO5. The lowest BCUT2D eigenvalue weighted by atomic mass is 9.99. The Morgan fingerprint density at radius 3 is 2.36 bits per heavy atom. The zero-order valence-electron chi connectivity index (χ0n) is 15.1. The molecule has 0 spiro atoms. The molecule has 0 saturated carbocycles. The summed E-state index contributed by atoms with van der Waals surface area (Å²) in [6, 6.07) is 8.30. The van der Waals surface area contributed by atoms with Gasteiger partial charge in [-0.1, -0.05) is 19.1 Å². The van der Waals surface area contributed by atoms with Crippen molar-refractivity contribution < 1.29 is 24.5 Å². The van der Waals surface area contributed by atoms with Crippen LogP contribution in [0.2, 0.25) is 0 Å². The van der Waals surface area contributed by atoms with Gasteiger partial charge in [-0.3, -0.25) is 0 Å². The van der Waals surface area contributed by atoms with Crippen LogP contribution < -0.4 is 4.74 Å². The average molecular weight is 351 g/mol. The van der Waals surface area contributed by atoms with Crippen LogP contribution in [0.4, 0.5) is 0 Å². The van der Waals surface area contributed by atoms with E-state index in [9.17, 15) is 0 Å². The van der Waals surface area contributed by atoms with Crippen molar-refractivity contribution >= 4 is 11.9 Å². The lowest BCUT2D eigenvalue weighted by Gasteiger charge is -2.30. The summed E-state index contributed by atoms with van der Waals surface area (Å²) in [7, 11) is 0. The highest BCUT2D eigenvalue weighted by molar-refractivity contribution is 6.27. The van der Waals surface area contributed by atoms with Crippen molar-refractivity contribution in [2.45, 2.75) is 39.5 Å². The van der Waals surface area contributed by atoms with E-state index in [0.717, 1.165) is 24.7 Å². The second-order valence-electron chi connectivity index (χ2n) is 6.51. The number of rotatable bonds is 6. The minimum atomic E-state index is -1.82.